The summed E-state index contributed by atoms with van der Waals surface area (Å²) in [4.78, 5) is 2.44. The number of fused-ring (bicyclic) bond motifs is 6. The molecule has 0 aliphatic carbocycles. The molecule has 0 radical (unpaired) electrons. The number of rotatable bonds is 7. The van der Waals surface area contributed by atoms with Crippen molar-refractivity contribution in [2.75, 3.05) is 4.90 Å². The van der Waals surface area contributed by atoms with Gasteiger partial charge in [-0.15, -0.1) is 0 Å². The van der Waals surface area contributed by atoms with Gasteiger partial charge in [0.25, 0.3) is 0 Å². The van der Waals surface area contributed by atoms with Crippen LogP contribution in [0.2, 0.25) is 0 Å². The van der Waals surface area contributed by atoms with Crippen LogP contribution in [0.4, 0.5) is 17.1 Å². The summed E-state index contributed by atoms with van der Waals surface area (Å²) >= 11 is 0. The first-order valence-corrected chi connectivity index (χ1v) is 19.4. The van der Waals surface area contributed by atoms with Crippen LogP contribution in [0, 0.1) is 0 Å². The van der Waals surface area contributed by atoms with Gasteiger partial charge in [-0.3, -0.25) is 0 Å². The maximum absolute atomic E-state index is 6.68. The molecule has 2 aromatic heterocycles. The lowest BCUT2D eigenvalue weighted by Crippen LogP contribution is -2.12. The van der Waals surface area contributed by atoms with Crippen LogP contribution in [0.15, 0.2) is 223 Å². The highest BCUT2D eigenvalue weighted by Crippen LogP contribution is 2.48. The van der Waals surface area contributed by atoms with Gasteiger partial charge < -0.3 is 13.9 Å². The molecule has 3 heteroatoms. The molecule has 0 N–H and O–H groups in total. The minimum absolute atomic E-state index is 0.889. The van der Waals surface area contributed by atoms with Crippen LogP contribution in [-0.2, 0) is 0 Å². The Morgan fingerprint density at radius 3 is 1.79 bits per heavy atom. The highest BCUT2D eigenvalue weighted by molar-refractivity contribution is 6.13. The molecular formula is C54H36N2O. The molecule has 9 aromatic carbocycles. The fraction of sp³-hybridized carbons (Fsp3) is 0. The molecule has 0 amide bonds. The smallest absolute Gasteiger partial charge is 0.143 e. The van der Waals surface area contributed by atoms with Crippen molar-refractivity contribution in [3.05, 3.63) is 218 Å². The molecule has 0 bridgehead atoms. The van der Waals surface area contributed by atoms with E-state index in [1.165, 1.54) is 21.9 Å². The number of benzene rings is 9. The van der Waals surface area contributed by atoms with Crippen molar-refractivity contribution in [2.45, 2.75) is 0 Å². The standard InChI is InChI=1S/C54H36N2O/c1-4-17-37(18-5-1)39-21-14-24-41(35-39)55(42-33-34-50-48(36-42)43-25-10-12-30-49(43)56(50)40-22-8-3-9-23-40)51-31-16-27-45(53(51)38-19-6-2-7-20-38)47-29-15-28-46-44-26-11-13-32-52(44)57-54(46)47/h1-36H. The lowest BCUT2D eigenvalue weighted by Gasteiger charge is -2.30. The predicted molar refractivity (Wildman–Crippen MR) is 239 cm³/mol. The first-order chi connectivity index (χ1) is 28.3. The van der Waals surface area contributed by atoms with E-state index in [0.717, 1.165) is 78.0 Å². The Morgan fingerprint density at radius 2 is 0.965 bits per heavy atom. The second-order valence-electron chi connectivity index (χ2n) is 14.5. The maximum atomic E-state index is 6.68. The quantitative estimate of drug-likeness (QED) is 0.163. The Morgan fingerprint density at radius 1 is 0.368 bits per heavy atom. The second kappa shape index (κ2) is 13.6. The number of anilines is 3. The van der Waals surface area contributed by atoms with E-state index in [1.54, 1.807) is 0 Å². The third-order valence-electron chi connectivity index (χ3n) is 11.2. The summed E-state index contributed by atoms with van der Waals surface area (Å²) in [6.07, 6.45) is 0. The average Bonchev–Trinajstić information content (AvgIpc) is 3.83. The third kappa shape index (κ3) is 5.51. The van der Waals surface area contributed by atoms with Gasteiger partial charge in [-0.05, 0) is 82.9 Å². The third-order valence-corrected chi connectivity index (χ3v) is 11.2. The fourth-order valence-electron chi connectivity index (χ4n) is 8.66. The molecule has 0 saturated heterocycles. The molecule has 0 unspecified atom stereocenters. The largest absolute Gasteiger partial charge is 0.455 e. The topological polar surface area (TPSA) is 21.3 Å². The zero-order valence-corrected chi connectivity index (χ0v) is 31.1. The van der Waals surface area contributed by atoms with E-state index in [-0.39, 0.29) is 0 Å². The Hall–Kier alpha value is -7.62. The monoisotopic (exact) mass is 728 g/mol. The summed E-state index contributed by atoms with van der Waals surface area (Å²) in [6.45, 7) is 0. The summed E-state index contributed by atoms with van der Waals surface area (Å²) in [6, 6.07) is 78.2. The summed E-state index contributed by atoms with van der Waals surface area (Å²) < 4.78 is 9.05. The second-order valence-corrected chi connectivity index (χ2v) is 14.5. The van der Waals surface area contributed by atoms with E-state index >= 15 is 0 Å². The van der Waals surface area contributed by atoms with Gasteiger partial charge >= 0.3 is 0 Å². The molecule has 0 atom stereocenters. The highest BCUT2D eigenvalue weighted by Gasteiger charge is 2.24. The maximum Gasteiger partial charge on any atom is 0.143 e. The van der Waals surface area contributed by atoms with Gasteiger partial charge in [0, 0.05) is 49.7 Å². The van der Waals surface area contributed by atoms with E-state index in [4.69, 9.17) is 4.42 Å². The molecule has 0 aliphatic rings. The molecule has 3 nitrogen and oxygen atoms in total. The van der Waals surface area contributed by atoms with E-state index in [1.807, 2.05) is 6.07 Å². The van der Waals surface area contributed by atoms with Crippen LogP contribution >= 0.6 is 0 Å². The average molecular weight is 729 g/mol. The number of para-hydroxylation sites is 4. The molecule has 57 heavy (non-hydrogen) atoms. The predicted octanol–water partition coefficient (Wildman–Crippen LogP) is 15.2. The fourth-order valence-corrected chi connectivity index (χ4v) is 8.66. The van der Waals surface area contributed by atoms with Crippen molar-refractivity contribution in [3.63, 3.8) is 0 Å². The van der Waals surface area contributed by atoms with Crippen molar-refractivity contribution in [1.29, 1.82) is 0 Å². The van der Waals surface area contributed by atoms with Gasteiger partial charge in [-0.25, -0.2) is 0 Å². The van der Waals surface area contributed by atoms with Gasteiger partial charge in [0.2, 0.25) is 0 Å². The number of aromatic nitrogens is 1. The zero-order chi connectivity index (χ0) is 37.7. The van der Waals surface area contributed by atoms with Crippen LogP contribution in [0.3, 0.4) is 0 Å². The van der Waals surface area contributed by atoms with Gasteiger partial charge in [-0.1, -0.05) is 158 Å². The zero-order valence-electron chi connectivity index (χ0n) is 31.1. The Bertz CT molecular complexity index is 3230. The molecule has 0 fully saturated rings. The van der Waals surface area contributed by atoms with Crippen molar-refractivity contribution >= 4 is 60.8 Å². The first kappa shape index (κ1) is 32.8. The number of hydrogen-bond acceptors (Lipinski definition) is 2. The highest BCUT2D eigenvalue weighted by atomic mass is 16.3. The molecule has 0 spiro atoms. The van der Waals surface area contributed by atoms with Crippen LogP contribution < -0.4 is 4.90 Å². The lowest BCUT2D eigenvalue weighted by atomic mass is 9.91. The molecule has 2 heterocycles. The Labute approximate surface area is 330 Å². The van der Waals surface area contributed by atoms with Crippen LogP contribution in [-0.4, -0.2) is 4.57 Å². The summed E-state index contributed by atoms with van der Waals surface area (Å²) in [7, 11) is 0. The summed E-state index contributed by atoms with van der Waals surface area (Å²) in [5.74, 6) is 0. The van der Waals surface area contributed by atoms with Gasteiger partial charge in [0.15, 0.2) is 0 Å². The van der Waals surface area contributed by atoms with Gasteiger partial charge in [-0.2, -0.15) is 0 Å². The molecule has 0 saturated carbocycles. The molecular weight excluding hydrogens is 693 g/mol. The van der Waals surface area contributed by atoms with Crippen molar-refractivity contribution in [3.8, 4) is 39.1 Å². The van der Waals surface area contributed by atoms with Crippen molar-refractivity contribution in [2.24, 2.45) is 0 Å². The normalized spacial score (nSPS) is 11.5. The molecule has 11 rings (SSSR count). The van der Waals surface area contributed by atoms with Crippen molar-refractivity contribution in [1.82, 2.24) is 4.57 Å². The summed E-state index contributed by atoms with van der Waals surface area (Å²) in [5.41, 5.74) is 15.2. The van der Waals surface area contributed by atoms with E-state index in [9.17, 15) is 0 Å². The minimum Gasteiger partial charge on any atom is -0.455 e. The lowest BCUT2D eigenvalue weighted by molar-refractivity contribution is 0.670. The minimum atomic E-state index is 0.889. The van der Waals surface area contributed by atoms with Crippen molar-refractivity contribution < 1.29 is 4.42 Å². The number of hydrogen-bond donors (Lipinski definition) is 0. The van der Waals surface area contributed by atoms with Crippen LogP contribution in [0.1, 0.15) is 0 Å². The van der Waals surface area contributed by atoms with E-state index in [2.05, 4.69) is 222 Å². The van der Waals surface area contributed by atoms with Crippen LogP contribution in [0.25, 0.3) is 82.8 Å². The van der Waals surface area contributed by atoms with Crippen LogP contribution in [0.5, 0.6) is 0 Å². The SMILES string of the molecule is c1ccc(-c2cccc(N(c3ccc4c(c3)c3ccccc3n4-c3ccccc3)c3cccc(-c4cccc5c4oc4ccccc45)c3-c3ccccc3)c2)cc1. The van der Waals surface area contributed by atoms with Gasteiger partial charge in [0.1, 0.15) is 11.2 Å². The first-order valence-electron chi connectivity index (χ1n) is 19.4. The molecule has 11 aromatic rings. The van der Waals surface area contributed by atoms with E-state index in [0.29, 0.717) is 0 Å². The number of furan rings is 1. The van der Waals surface area contributed by atoms with Gasteiger partial charge in [0.05, 0.1) is 16.7 Å². The Kier molecular flexibility index (Phi) is 7.82. The number of nitrogens with zero attached hydrogens (tertiary/aromatic N) is 2. The van der Waals surface area contributed by atoms with E-state index < -0.39 is 0 Å². The molecule has 268 valence electrons. The summed E-state index contributed by atoms with van der Waals surface area (Å²) in [5, 5.41) is 4.64. The molecule has 0 aliphatic heterocycles. The Balaban J connectivity index is 1.21.